The third kappa shape index (κ3) is 23.9. The van der Waals surface area contributed by atoms with E-state index in [0.717, 1.165) is 0 Å². The molecule has 0 nitrogen and oxygen atoms in total. The minimum Gasteiger partial charge on any atom is -0.0622 e. The molecule has 0 saturated carbocycles. The summed E-state index contributed by atoms with van der Waals surface area (Å²) < 4.78 is 0. The molecule has 0 radical (unpaired) electrons. The number of aryl methyl sites for hydroxylation is 6. The maximum absolute atomic E-state index is 2.31. The van der Waals surface area contributed by atoms with Crippen LogP contribution in [0.5, 0.6) is 0 Å². The van der Waals surface area contributed by atoms with Gasteiger partial charge >= 0.3 is 0 Å². The summed E-state index contributed by atoms with van der Waals surface area (Å²) in [7, 11) is 0. The Labute approximate surface area is 804 Å². The molecular weight excluding hydrogens is 1630 g/mol. The van der Waals surface area contributed by atoms with Crippen LogP contribution in [0.25, 0.3) is 178 Å². The zero-order valence-corrected chi connectivity index (χ0v) is 78.1. The SMILES string of the molecule is Cc1ccc(-c2cc(-c3ccccc3)cc(-c3ccccc3)c2)cc1.Cc1ccc(-c2ccc(-c3ccccc3)c(-c3ccccc3)c2)cc1.Cc1ccc(-c2ccc(-c3ccccc3)cc2-c2ccccc2)cc1.Cc1ccc(-c2ccccc2)cc1-c1ccc(-c2ccccc2)cc1.Cc1cccc(-c2cc(-c3ccccc3)cc(-c3ccccc3)c2)c1.Cc1cccc2ccccc12. The summed E-state index contributed by atoms with van der Waals surface area (Å²) in [6, 6.07) is 198. The maximum Gasteiger partial charge on any atom is -0.00992 e. The standard InChI is InChI=1S/5C25H20.C11H10/c1-19-9-8-14-22(15-19)25-17-23(20-10-4-2-5-11-20)16-24(18-25)21-12-6-3-7-13-21;1-19-12-14-22(15-13-19)25-17-23(20-8-4-2-5-9-20)16-24(18-25)21-10-6-3-7-11-21;1-19-12-14-20(15-13-19)23-16-17-24(21-8-4-2-5-9-21)25(18-23)22-10-6-3-7-11-22;1-19-12-14-22(15-13-19)24-17-16-23(20-8-4-2-5-9-20)18-25(24)21-10-6-3-7-11-21;1-19-12-13-24(21-10-6-3-7-11-21)18-25(19)23-16-14-22(15-17-23)20-8-4-2-5-9-20;1-9-5-4-7-10-6-2-3-8-11(9)10/h5*2-18H,1H3;2-8H,1H3. The molecule has 0 atom stereocenters. The average Bonchev–Trinajstić information content (AvgIpc) is 0.752. The van der Waals surface area contributed by atoms with Gasteiger partial charge in [0.05, 0.1) is 0 Å². The molecule has 22 aromatic carbocycles. The molecule has 0 fully saturated rings. The Bertz CT molecular complexity index is 7430. The van der Waals surface area contributed by atoms with Gasteiger partial charge in [-0.2, -0.15) is 0 Å². The number of hydrogen-bond donors (Lipinski definition) is 0. The van der Waals surface area contributed by atoms with Crippen molar-refractivity contribution in [3.63, 3.8) is 0 Å². The number of fused-ring (bicyclic) bond motifs is 1. The number of benzene rings is 22. The first-order chi connectivity index (χ1) is 66.9. The van der Waals surface area contributed by atoms with Crippen LogP contribution >= 0.6 is 0 Å². The van der Waals surface area contributed by atoms with Crippen molar-refractivity contribution in [3.8, 4) is 167 Å². The summed E-state index contributed by atoms with van der Waals surface area (Å²) in [6.07, 6.45) is 0. The zero-order valence-electron chi connectivity index (χ0n) is 78.1. The second-order valence-corrected chi connectivity index (χ2v) is 34.6. The van der Waals surface area contributed by atoms with E-state index in [1.54, 1.807) is 0 Å². The lowest BCUT2D eigenvalue weighted by Crippen LogP contribution is -1.88. The minimum atomic E-state index is 1.24. The van der Waals surface area contributed by atoms with Crippen LogP contribution in [0.15, 0.2) is 558 Å². The van der Waals surface area contributed by atoms with Gasteiger partial charge in [-0.1, -0.05) is 526 Å². The van der Waals surface area contributed by atoms with E-state index in [1.165, 1.54) is 211 Å². The fraction of sp³-hybridized carbons (Fsp3) is 0.0441. The van der Waals surface area contributed by atoms with Crippen molar-refractivity contribution in [2.75, 3.05) is 0 Å². The molecular formula is C136H110. The molecule has 136 heavy (non-hydrogen) atoms. The first kappa shape index (κ1) is 91.0. The molecule has 0 heteroatoms. The average molecular weight is 1740 g/mol. The van der Waals surface area contributed by atoms with E-state index in [9.17, 15) is 0 Å². The molecule has 0 heterocycles. The predicted molar refractivity (Wildman–Crippen MR) is 586 cm³/mol. The van der Waals surface area contributed by atoms with Crippen LogP contribution in [0.3, 0.4) is 0 Å². The fourth-order valence-electron chi connectivity index (χ4n) is 17.3. The van der Waals surface area contributed by atoms with Gasteiger partial charge in [0.2, 0.25) is 0 Å². The van der Waals surface area contributed by atoms with Gasteiger partial charge in [0.1, 0.15) is 0 Å². The zero-order chi connectivity index (χ0) is 93.0. The molecule has 0 amide bonds. The van der Waals surface area contributed by atoms with Gasteiger partial charge < -0.3 is 0 Å². The lowest BCUT2D eigenvalue weighted by Gasteiger charge is -2.13. The molecule has 654 valence electrons. The molecule has 0 saturated heterocycles. The van der Waals surface area contributed by atoms with Gasteiger partial charge in [0.15, 0.2) is 0 Å². The van der Waals surface area contributed by atoms with Crippen molar-refractivity contribution >= 4 is 10.8 Å². The lowest BCUT2D eigenvalue weighted by atomic mass is 9.91. The maximum atomic E-state index is 2.31. The third-order valence-electron chi connectivity index (χ3n) is 24.8. The van der Waals surface area contributed by atoms with Crippen LogP contribution in [-0.2, 0) is 0 Å². The summed E-state index contributed by atoms with van der Waals surface area (Å²) in [6.45, 7) is 12.8. The van der Waals surface area contributed by atoms with Gasteiger partial charge in [-0.05, 0) is 285 Å². The molecule has 22 rings (SSSR count). The highest BCUT2D eigenvalue weighted by atomic mass is 14.2. The second-order valence-electron chi connectivity index (χ2n) is 34.6. The molecule has 0 aliphatic carbocycles. The Kier molecular flexibility index (Phi) is 30.3. The van der Waals surface area contributed by atoms with E-state index in [0.29, 0.717) is 0 Å². The smallest absolute Gasteiger partial charge is 0.00992 e. The highest BCUT2D eigenvalue weighted by Gasteiger charge is 2.16. The van der Waals surface area contributed by atoms with Crippen LogP contribution in [-0.4, -0.2) is 0 Å². The largest absolute Gasteiger partial charge is 0.0622 e. The summed E-state index contributed by atoms with van der Waals surface area (Å²) in [5.74, 6) is 0. The minimum absolute atomic E-state index is 1.24. The Morgan fingerprint density at radius 2 is 0.301 bits per heavy atom. The molecule has 0 N–H and O–H groups in total. The Hall–Kier alpha value is -16.9. The van der Waals surface area contributed by atoms with Crippen molar-refractivity contribution in [1.82, 2.24) is 0 Å². The van der Waals surface area contributed by atoms with E-state index in [2.05, 4.69) is 600 Å². The van der Waals surface area contributed by atoms with Crippen molar-refractivity contribution < 1.29 is 0 Å². The van der Waals surface area contributed by atoms with Crippen LogP contribution < -0.4 is 0 Å². The normalized spacial score (nSPS) is 10.6. The number of rotatable bonds is 15. The van der Waals surface area contributed by atoms with Crippen molar-refractivity contribution in [2.45, 2.75) is 41.5 Å². The molecule has 0 aromatic heterocycles. The summed E-state index contributed by atoms with van der Waals surface area (Å²) in [5.41, 5.74) is 45.4. The van der Waals surface area contributed by atoms with E-state index in [4.69, 9.17) is 0 Å². The van der Waals surface area contributed by atoms with Crippen LogP contribution in [0.2, 0.25) is 0 Å². The highest BCUT2D eigenvalue weighted by molar-refractivity contribution is 5.91. The monoisotopic (exact) mass is 1740 g/mol. The fourth-order valence-corrected chi connectivity index (χ4v) is 17.3. The lowest BCUT2D eigenvalue weighted by molar-refractivity contribution is 1.45. The summed E-state index contributed by atoms with van der Waals surface area (Å²) in [5, 5.41) is 2.68. The first-order valence-electron chi connectivity index (χ1n) is 47.0. The Morgan fingerprint density at radius 1 is 0.0956 bits per heavy atom. The van der Waals surface area contributed by atoms with E-state index in [1.807, 2.05) is 0 Å². The number of hydrogen-bond acceptors (Lipinski definition) is 0. The molecule has 0 aliphatic rings. The second kappa shape index (κ2) is 45.3. The molecule has 0 bridgehead atoms. The Balaban J connectivity index is 0.000000115. The summed E-state index contributed by atoms with van der Waals surface area (Å²) in [4.78, 5) is 0. The van der Waals surface area contributed by atoms with Gasteiger partial charge in [0, 0.05) is 0 Å². The van der Waals surface area contributed by atoms with Crippen LogP contribution in [0.4, 0.5) is 0 Å². The van der Waals surface area contributed by atoms with Gasteiger partial charge in [0.25, 0.3) is 0 Å². The third-order valence-corrected chi connectivity index (χ3v) is 24.8. The van der Waals surface area contributed by atoms with Gasteiger partial charge in [-0.3, -0.25) is 0 Å². The van der Waals surface area contributed by atoms with Gasteiger partial charge in [-0.15, -0.1) is 0 Å². The molecule has 0 spiro atoms. The van der Waals surface area contributed by atoms with Crippen LogP contribution in [0, 0.1) is 41.5 Å². The van der Waals surface area contributed by atoms with Crippen LogP contribution in [0.1, 0.15) is 33.4 Å². The predicted octanol–water partition coefficient (Wildman–Crippen LogP) is 38.1. The Morgan fingerprint density at radius 3 is 0.654 bits per heavy atom. The molecule has 22 aromatic rings. The quantitative estimate of drug-likeness (QED) is 0.0960. The van der Waals surface area contributed by atoms with E-state index in [-0.39, 0.29) is 0 Å². The topological polar surface area (TPSA) is 0 Å². The van der Waals surface area contributed by atoms with Crippen molar-refractivity contribution in [3.05, 3.63) is 591 Å². The van der Waals surface area contributed by atoms with Gasteiger partial charge in [-0.25, -0.2) is 0 Å². The van der Waals surface area contributed by atoms with Crippen molar-refractivity contribution in [2.24, 2.45) is 0 Å². The van der Waals surface area contributed by atoms with E-state index >= 15 is 0 Å². The van der Waals surface area contributed by atoms with E-state index < -0.39 is 0 Å². The summed E-state index contributed by atoms with van der Waals surface area (Å²) >= 11 is 0. The first-order valence-corrected chi connectivity index (χ1v) is 47.0. The molecule has 0 aliphatic heterocycles. The highest BCUT2D eigenvalue weighted by Crippen LogP contribution is 2.41. The van der Waals surface area contributed by atoms with Crippen molar-refractivity contribution in [1.29, 1.82) is 0 Å². The molecule has 0 unspecified atom stereocenters.